The van der Waals surface area contributed by atoms with E-state index in [1.807, 2.05) is 18.2 Å². The summed E-state index contributed by atoms with van der Waals surface area (Å²) in [5, 5.41) is 9.74. The molecule has 0 aliphatic heterocycles. The van der Waals surface area contributed by atoms with Crippen molar-refractivity contribution in [3.8, 4) is 0 Å². The molecule has 0 saturated heterocycles. The predicted molar refractivity (Wildman–Crippen MR) is 68.7 cm³/mol. The number of rotatable bonds is 3. The van der Waals surface area contributed by atoms with Crippen LogP contribution < -0.4 is 0 Å². The van der Waals surface area contributed by atoms with Crippen LogP contribution in [0.4, 0.5) is 0 Å². The third-order valence-electron chi connectivity index (χ3n) is 2.19. The Labute approximate surface area is 109 Å². The molecule has 1 unspecified atom stereocenters. The largest absolute Gasteiger partial charge is 0.386 e. The van der Waals surface area contributed by atoms with Gasteiger partial charge in [0.1, 0.15) is 10.9 Å². The van der Waals surface area contributed by atoms with Crippen LogP contribution in [0, 0.1) is 0 Å². The maximum absolute atomic E-state index is 9.74. The molecule has 0 aromatic heterocycles. The van der Waals surface area contributed by atoms with Crippen LogP contribution in [0.2, 0.25) is 0 Å². The lowest BCUT2D eigenvalue weighted by molar-refractivity contribution is 0.192. The van der Waals surface area contributed by atoms with Gasteiger partial charge in [-0.2, -0.15) is 0 Å². The van der Waals surface area contributed by atoms with Gasteiger partial charge in [-0.25, -0.2) is 0 Å². The standard InChI is InChI=1S/C11H13BrCl2O/c1-6(2)7-3-8(5-9(12)4-7)10(15)11(13)14/h3-6,10-11,15H,1-2H3. The number of aliphatic hydroxyl groups excluding tert-OH is 1. The zero-order valence-corrected chi connectivity index (χ0v) is 11.6. The molecule has 0 aliphatic rings. The van der Waals surface area contributed by atoms with Gasteiger partial charge in [-0.3, -0.25) is 0 Å². The second-order valence-electron chi connectivity index (χ2n) is 3.75. The quantitative estimate of drug-likeness (QED) is 0.820. The van der Waals surface area contributed by atoms with Crippen molar-refractivity contribution in [3.05, 3.63) is 33.8 Å². The molecule has 1 aromatic carbocycles. The first-order valence-corrected chi connectivity index (χ1v) is 6.35. The third-order valence-corrected chi connectivity index (χ3v) is 3.12. The second kappa shape index (κ2) is 5.53. The fourth-order valence-electron chi connectivity index (χ4n) is 1.29. The van der Waals surface area contributed by atoms with Crippen LogP contribution in [-0.2, 0) is 0 Å². The number of hydrogen-bond donors (Lipinski definition) is 1. The SMILES string of the molecule is CC(C)c1cc(Br)cc(C(O)C(Cl)Cl)c1. The smallest absolute Gasteiger partial charge is 0.137 e. The van der Waals surface area contributed by atoms with Gasteiger partial charge in [-0.1, -0.05) is 35.8 Å². The monoisotopic (exact) mass is 310 g/mol. The average molecular weight is 312 g/mol. The molecule has 0 saturated carbocycles. The maximum atomic E-state index is 9.74. The van der Waals surface area contributed by atoms with Crippen molar-refractivity contribution in [1.82, 2.24) is 0 Å². The van der Waals surface area contributed by atoms with Gasteiger partial charge in [-0.05, 0) is 29.2 Å². The molecule has 1 rings (SSSR count). The zero-order chi connectivity index (χ0) is 11.6. The highest BCUT2D eigenvalue weighted by Gasteiger charge is 2.17. The van der Waals surface area contributed by atoms with Crippen LogP contribution in [0.5, 0.6) is 0 Å². The summed E-state index contributed by atoms with van der Waals surface area (Å²) in [6, 6.07) is 5.78. The molecule has 1 N–H and O–H groups in total. The Kier molecular flexibility index (Phi) is 4.91. The van der Waals surface area contributed by atoms with Crippen LogP contribution in [0.15, 0.2) is 22.7 Å². The Morgan fingerprint density at radius 2 is 1.67 bits per heavy atom. The molecule has 84 valence electrons. The number of alkyl halides is 2. The van der Waals surface area contributed by atoms with E-state index in [1.54, 1.807) is 0 Å². The highest BCUT2D eigenvalue weighted by molar-refractivity contribution is 9.10. The molecule has 1 atom stereocenters. The molecule has 0 bridgehead atoms. The Morgan fingerprint density at radius 3 is 2.13 bits per heavy atom. The Hall–Kier alpha value is 0.240. The fourth-order valence-corrected chi connectivity index (χ4v) is 2.11. The Balaban J connectivity index is 3.09. The normalized spacial score (nSPS) is 13.6. The summed E-state index contributed by atoms with van der Waals surface area (Å²) in [7, 11) is 0. The first kappa shape index (κ1) is 13.3. The molecular weight excluding hydrogens is 299 g/mol. The van der Waals surface area contributed by atoms with Gasteiger partial charge >= 0.3 is 0 Å². The lowest BCUT2D eigenvalue weighted by atomic mass is 9.99. The maximum Gasteiger partial charge on any atom is 0.137 e. The van der Waals surface area contributed by atoms with E-state index in [-0.39, 0.29) is 0 Å². The molecule has 1 nitrogen and oxygen atoms in total. The van der Waals surface area contributed by atoms with E-state index in [0.29, 0.717) is 5.92 Å². The predicted octanol–water partition coefficient (Wildman–Crippen LogP) is 4.41. The summed E-state index contributed by atoms with van der Waals surface area (Å²) >= 11 is 14.7. The van der Waals surface area contributed by atoms with E-state index in [2.05, 4.69) is 29.8 Å². The number of halogens is 3. The molecule has 0 radical (unpaired) electrons. The van der Waals surface area contributed by atoms with Crippen LogP contribution in [0.3, 0.4) is 0 Å². The van der Waals surface area contributed by atoms with Crippen LogP contribution >= 0.6 is 39.1 Å². The third kappa shape index (κ3) is 3.63. The van der Waals surface area contributed by atoms with Gasteiger partial charge in [0.25, 0.3) is 0 Å². The summed E-state index contributed by atoms with van der Waals surface area (Å²) < 4.78 is 0.928. The number of benzene rings is 1. The summed E-state index contributed by atoms with van der Waals surface area (Å²) in [5.41, 5.74) is 1.88. The van der Waals surface area contributed by atoms with Crippen molar-refractivity contribution < 1.29 is 5.11 Å². The topological polar surface area (TPSA) is 20.2 Å². The van der Waals surface area contributed by atoms with Gasteiger partial charge in [0.2, 0.25) is 0 Å². The number of hydrogen-bond acceptors (Lipinski definition) is 1. The van der Waals surface area contributed by atoms with E-state index in [9.17, 15) is 5.11 Å². The molecule has 4 heteroatoms. The molecule has 0 spiro atoms. The summed E-state index contributed by atoms with van der Waals surface area (Å²) in [6.45, 7) is 4.19. The molecule has 0 amide bonds. The minimum Gasteiger partial charge on any atom is -0.386 e. The first-order valence-electron chi connectivity index (χ1n) is 4.68. The molecular formula is C11H13BrCl2O. The molecule has 0 aliphatic carbocycles. The van der Waals surface area contributed by atoms with Gasteiger partial charge in [0, 0.05) is 4.47 Å². The van der Waals surface area contributed by atoms with E-state index >= 15 is 0 Å². The first-order chi connectivity index (χ1) is 6.91. The zero-order valence-electron chi connectivity index (χ0n) is 8.55. The van der Waals surface area contributed by atoms with E-state index in [4.69, 9.17) is 23.2 Å². The molecule has 0 heterocycles. The van der Waals surface area contributed by atoms with E-state index in [1.165, 1.54) is 0 Å². The second-order valence-corrected chi connectivity index (χ2v) is 5.83. The lowest BCUT2D eigenvalue weighted by Gasteiger charge is -2.15. The van der Waals surface area contributed by atoms with Crippen LogP contribution in [0.1, 0.15) is 37.0 Å². The van der Waals surface area contributed by atoms with E-state index < -0.39 is 10.9 Å². The highest BCUT2D eigenvalue weighted by atomic mass is 79.9. The number of aliphatic hydroxyl groups is 1. The van der Waals surface area contributed by atoms with Crippen molar-refractivity contribution in [3.63, 3.8) is 0 Å². The van der Waals surface area contributed by atoms with Crippen molar-refractivity contribution in [2.45, 2.75) is 30.7 Å². The van der Waals surface area contributed by atoms with Crippen molar-refractivity contribution in [1.29, 1.82) is 0 Å². The van der Waals surface area contributed by atoms with Crippen LogP contribution in [-0.4, -0.2) is 9.94 Å². The average Bonchev–Trinajstić information content (AvgIpc) is 2.15. The lowest BCUT2D eigenvalue weighted by Crippen LogP contribution is -2.06. The van der Waals surface area contributed by atoms with Crippen molar-refractivity contribution in [2.75, 3.05) is 0 Å². The van der Waals surface area contributed by atoms with Gasteiger partial charge in [-0.15, -0.1) is 23.2 Å². The summed E-state index contributed by atoms with van der Waals surface area (Å²) in [6.07, 6.45) is -0.844. The molecule has 15 heavy (non-hydrogen) atoms. The summed E-state index contributed by atoms with van der Waals surface area (Å²) in [4.78, 5) is -0.806. The minimum atomic E-state index is -0.844. The Bertz CT molecular complexity index is 339. The van der Waals surface area contributed by atoms with Crippen molar-refractivity contribution in [2.24, 2.45) is 0 Å². The van der Waals surface area contributed by atoms with Gasteiger partial charge < -0.3 is 5.11 Å². The Morgan fingerprint density at radius 1 is 1.13 bits per heavy atom. The van der Waals surface area contributed by atoms with Gasteiger partial charge in [0.15, 0.2) is 0 Å². The van der Waals surface area contributed by atoms with Crippen molar-refractivity contribution >= 4 is 39.1 Å². The fraction of sp³-hybridized carbons (Fsp3) is 0.455. The van der Waals surface area contributed by atoms with Crippen LogP contribution in [0.25, 0.3) is 0 Å². The van der Waals surface area contributed by atoms with Gasteiger partial charge in [0.05, 0.1) is 0 Å². The highest BCUT2D eigenvalue weighted by Crippen LogP contribution is 2.29. The molecule has 1 aromatic rings. The minimum absolute atomic E-state index is 0.401. The summed E-state index contributed by atoms with van der Waals surface area (Å²) in [5.74, 6) is 0.401. The molecule has 0 fully saturated rings. The van der Waals surface area contributed by atoms with E-state index in [0.717, 1.165) is 15.6 Å².